The zero-order valence-corrected chi connectivity index (χ0v) is 15.5. The minimum absolute atomic E-state index is 0.0238. The fraction of sp³-hybridized carbons (Fsp3) is 0.300. The van der Waals surface area contributed by atoms with Gasteiger partial charge >= 0.3 is 0 Å². The van der Waals surface area contributed by atoms with Crippen LogP contribution in [0.2, 0.25) is 5.02 Å². The Balaban J connectivity index is 1.72. The lowest BCUT2D eigenvalue weighted by Gasteiger charge is -2.24. The summed E-state index contributed by atoms with van der Waals surface area (Å²) in [7, 11) is 0. The smallest absolute Gasteiger partial charge is 0.251 e. The first-order chi connectivity index (χ1) is 12.4. The van der Waals surface area contributed by atoms with Gasteiger partial charge in [-0.25, -0.2) is 0 Å². The zero-order chi connectivity index (χ0) is 18.7. The summed E-state index contributed by atoms with van der Waals surface area (Å²) in [5, 5.41) is 6.03. The van der Waals surface area contributed by atoms with Crippen molar-refractivity contribution >= 4 is 29.1 Å². The summed E-state index contributed by atoms with van der Waals surface area (Å²) in [5.41, 5.74) is 1.88. The summed E-state index contributed by atoms with van der Waals surface area (Å²) in [5.74, 6) is 0.126. The second-order valence-electron chi connectivity index (χ2n) is 6.63. The van der Waals surface area contributed by atoms with E-state index in [1.165, 1.54) is 0 Å². The average Bonchev–Trinajstić information content (AvgIpc) is 2.62. The van der Waals surface area contributed by atoms with E-state index in [2.05, 4.69) is 10.6 Å². The molecule has 0 spiro atoms. The van der Waals surface area contributed by atoms with Gasteiger partial charge in [0, 0.05) is 11.6 Å². The van der Waals surface area contributed by atoms with Crippen molar-refractivity contribution in [1.29, 1.82) is 0 Å². The quantitative estimate of drug-likeness (QED) is 0.860. The summed E-state index contributed by atoms with van der Waals surface area (Å²) >= 11 is 6.19. The molecule has 2 aromatic rings. The number of fused-ring (bicyclic) bond motifs is 1. The second-order valence-corrected chi connectivity index (χ2v) is 7.04. The number of hydrogen-bond donors (Lipinski definition) is 2. The van der Waals surface area contributed by atoms with Crippen molar-refractivity contribution < 1.29 is 14.3 Å². The summed E-state index contributed by atoms with van der Waals surface area (Å²) in [6.45, 7) is 4.09. The molecule has 6 heteroatoms. The van der Waals surface area contributed by atoms with E-state index in [0.717, 1.165) is 11.3 Å². The number of nitrogens with one attached hydrogen (secondary N) is 2. The molecule has 0 fully saturated rings. The normalized spacial score (nSPS) is 15.8. The number of hydrogen-bond acceptors (Lipinski definition) is 3. The van der Waals surface area contributed by atoms with Crippen LogP contribution in [0.3, 0.4) is 0 Å². The number of carbonyl (C=O) groups is 2. The minimum atomic E-state index is -0.311. The van der Waals surface area contributed by atoms with Crippen LogP contribution in [0.5, 0.6) is 5.75 Å². The molecular formula is C20H21ClN2O3. The molecule has 0 radical (unpaired) electrons. The molecule has 1 unspecified atom stereocenters. The van der Waals surface area contributed by atoms with Crippen molar-refractivity contribution in [3.63, 3.8) is 0 Å². The highest BCUT2D eigenvalue weighted by Gasteiger charge is 2.26. The summed E-state index contributed by atoms with van der Waals surface area (Å²) < 4.78 is 5.67. The molecule has 0 aromatic heterocycles. The van der Waals surface area contributed by atoms with Crippen molar-refractivity contribution in [3.8, 4) is 5.75 Å². The maximum Gasteiger partial charge on any atom is 0.251 e. The zero-order valence-electron chi connectivity index (χ0n) is 14.7. The van der Waals surface area contributed by atoms with E-state index < -0.39 is 0 Å². The molecule has 0 saturated carbocycles. The van der Waals surface area contributed by atoms with Crippen molar-refractivity contribution in [2.24, 2.45) is 5.92 Å². The van der Waals surface area contributed by atoms with Crippen LogP contribution >= 0.6 is 11.6 Å². The van der Waals surface area contributed by atoms with Gasteiger partial charge in [-0.2, -0.15) is 0 Å². The fourth-order valence-electron chi connectivity index (χ4n) is 2.84. The van der Waals surface area contributed by atoms with Crippen LogP contribution in [0, 0.1) is 5.92 Å². The predicted octanol–water partition coefficient (Wildman–Crippen LogP) is 3.67. The first kappa shape index (κ1) is 18.3. The van der Waals surface area contributed by atoms with Gasteiger partial charge in [0.15, 0.2) is 0 Å². The molecule has 1 heterocycles. The molecule has 5 nitrogen and oxygen atoms in total. The van der Waals surface area contributed by atoms with Crippen LogP contribution in [0.4, 0.5) is 5.69 Å². The number of anilines is 1. The van der Waals surface area contributed by atoms with Crippen LogP contribution in [-0.4, -0.2) is 24.5 Å². The summed E-state index contributed by atoms with van der Waals surface area (Å²) in [4.78, 5) is 24.8. The molecule has 1 aliphatic rings. The fourth-order valence-corrected chi connectivity index (χ4v) is 3.00. The maximum atomic E-state index is 12.6. The van der Waals surface area contributed by atoms with Crippen LogP contribution in [0.25, 0.3) is 0 Å². The molecule has 1 atom stereocenters. The number of halogens is 1. The first-order valence-corrected chi connectivity index (χ1v) is 8.94. The lowest BCUT2D eigenvalue weighted by atomic mass is 9.96. The number of amides is 2. The van der Waals surface area contributed by atoms with E-state index in [0.29, 0.717) is 29.3 Å². The van der Waals surface area contributed by atoms with Crippen molar-refractivity contribution in [3.05, 3.63) is 58.6 Å². The van der Waals surface area contributed by atoms with Gasteiger partial charge in [0.05, 0.1) is 16.6 Å². The Morgan fingerprint density at radius 2 is 1.96 bits per heavy atom. The van der Waals surface area contributed by atoms with E-state index in [1.54, 1.807) is 18.2 Å². The van der Waals surface area contributed by atoms with Crippen molar-refractivity contribution in [2.45, 2.75) is 26.3 Å². The number of rotatable bonds is 4. The molecule has 3 rings (SSSR count). The van der Waals surface area contributed by atoms with Gasteiger partial charge in [-0.15, -0.1) is 0 Å². The van der Waals surface area contributed by atoms with Gasteiger partial charge in [-0.3, -0.25) is 9.59 Å². The summed E-state index contributed by atoms with van der Waals surface area (Å²) in [6.07, 6.45) is 0.604. The standard InChI is InChI=1S/C20H21ClN2O3/c1-12(2)22-19(24)14-7-8-16(21)17(10-14)23-20(25)15-9-13-5-3-4-6-18(13)26-11-15/h3-8,10,12,15H,9,11H2,1-2H3,(H,22,24)(H,23,25). The van der Waals surface area contributed by atoms with Crippen molar-refractivity contribution in [1.82, 2.24) is 5.32 Å². The highest BCUT2D eigenvalue weighted by Crippen LogP contribution is 2.29. The Hall–Kier alpha value is -2.53. The third kappa shape index (κ3) is 4.17. The Morgan fingerprint density at radius 3 is 2.73 bits per heavy atom. The van der Waals surface area contributed by atoms with Gasteiger partial charge in [0.1, 0.15) is 12.4 Å². The predicted molar refractivity (Wildman–Crippen MR) is 102 cm³/mol. The number of carbonyl (C=O) groups excluding carboxylic acids is 2. The Bertz CT molecular complexity index is 836. The van der Waals surface area contributed by atoms with Crippen LogP contribution in [-0.2, 0) is 11.2 Å². The third-order valence-electron chi connectivity index (χ3n) is 4.16. The molecule has 0 bridgehead atoms. The van der Waals surface area contributed by atoms with Gasteiger partial charge in [0.25, 0.3) is 5.91 Å². The van der Waals surface area contributed by atoms with Gasteiger partial charge in [0.2, 0.25) is 5.91 Å². The molecule has 2 amide bonds. The minimum Gasteiger partial charge on any atom is -0.492 e. The van der Waals surface area contributed by atoms with Crippen LogP contribution < -0.4 is 15.4 Å². The van der Waals surface area contributed by atoms with Gasteiger partial charge in [-0.05, 0) is 50.1 Å². The summed E-state index contributed by atoms with van der Waals surface area (Å²) in [6, 6.07) is 12.6. The molecule has 136 valence electrons. The van der Waals surface area contributed by atoms with Crippen LogP contribution in [0.15, 0.2) is 42.5 Å². The number of benzene rings is 2. The van der Waals surface area contributed by atoms with E-state index in [-0.39, 0.29) is 23.8 Å². The molecule has 0 aliphatic carbocycles. The molecule has 0 saturated heterocycles. The Kier molecular flexibility index (Phi) is 5.47. The van der Waals surface area contributed by atoms with Crippen molar-refractivity contribution in [2.75, 3.05) is 11.9 Å². The topological polar surface area (TPSA) is 67.4 Å². The molecule has 1 aliphatic heterocycles. The maximum absolute atomic E-state index is 12.6. The number of para-hydroxylation sites is 1. The molecular weight excluding hydrogens is 352 g/mol. The highest BCUT2D eigenvalue weighted by molar-refractivity contribution is 6.34. The Labute approximate surface area is 157 Å². The SMILES string of the molecule is CC(C)NC(=O)c1ccc(Cl)c(NC(=O)C2COc3ccccc3C2)c1. The lowest BCUT2D eigenvalue weighted by molar-refractivity contribution is -0.121. The van der Waals surface area contributed by atoms with Gasteiger partial charge < -0.3 is 15.4 Å². The second kappa shape index (κ2) is 7.79. The highest BCUT2D eigenvalue weighted by atomic mass is 35.5. The monoisotopic (exact) mass is 372 g/mol. The van der Waals surface area contributed by atoms with Gasteiger partial charge in [-0.1, -0.05) is 29.8 Å². The first-order valence-electron chi connectivity index (χ1n) is 8.56. The van der Waals surface area contributed by atoms with E-state index >= 15 is 0 Å². The van der Waals surface area contributed by atoms with Crippen LogP contribution in [0.1, 0.15) is 29.8 Å². The third-order valence-corrected chi connectivity index (χ3v) is 4.49. The molecule has 2 N–H and O–H groups in total. The largest absolute Gasteiger partial charge is 0.492 e. The van der Waals surface area contributed by atoms with E-state index in [1.807, 2.05) is 38.1 Å². The van der Waals surface area contributed by atoms with E-state index in [4.69, 9.17) is 16.3 Å². The molecule has 26 heavy (non-hydrogen) atoms. The average molecular weight is 373 g/mol. The number of ether oxygens (including phenoxy) is 1. The molecule has 2 aromatic carbocycles. The Morgan fingerprint density at radius 1 is 1.19 bits per heavy atom. The lowest BCUT2D eigenvalue weighted by Crippen LogP contribution is -2.33. The van der Waals surface area contributed by atoms with E-state index in [9.17, 15) is 9.59 Å².